The first-order valence-electron chi connectivity index (χ1n) is 11.4. The number of nitrogens with two attached hydrogens (primary N) is 2. The molecule has 2 aromatic carbocycles. The molecule has 38 heavy (non-hydrogen) atoms. The summed E-state index contributed by atoms with van der Waals surface area (Å²) in [5.74, 6) is -9.72. The Balaban J connectivity index is 2.05. The molecule has 13 heteroatoms. The normalized spacial score (nSPS) is 29.0. The number of esters is 1. The highest BCUT2D eigenvalue weighted by atomic mass is 16.5. The van der Waals surface area contributed by atoms with Gasteiger partial charge in [0, 0.05) is 33.8 Å². The number of benzene rings is 2. The Labute approximate surface area is 215 Å². The van der Waals surface area contributed by atoms with Crippen LogP contribution >= 0.6 is 0 Å². The van der Waals surface area contributed by atoms with Crippen molar-refractivity contribution in [3.05, 3.63) is 34.9 Å². The number of methoxy groups -OCH3 is 1. The van der Waals surface area contributed by atoms with E-state index in [0.29, 0.717) is 0 Å². The largest absolute Gasteiger partial charge is 0.507 e. The number of ketones is 2. The van der Waals surface area contributed by atoms with E-state index in [2.05, 4.69) is 4.74 Å². The van der Waals surface area contributed by atoms with Gasteiger partial charge >= 0.3 is 5.97 Å². The van der Waals surface area contributed by atoms with Crippen LogP contribution in [-0.4, -0.2) is 86.7 Å². The molecule has 0 bridgehead atoms. The zero-order valence-corrected chi connectivity index (χ0v) is 20.6. The number of amides is 1. The van der Waals surface area contributed by atoms with E-state index in [0.717, 1.165) is 13.2 Å². The van der Waals surface area contributed by atoms with E-state index in [4.69, 9.17) is 11.5 Å². The molecule has 2 aromatic rings. The minimum Gasteiger partial charge on any atom is -0.507 e. The van der Waals surface area contributed by atoms with E-state index >= 15 is 0 Å². The van der Waals surface area contributed by atoms with Crippen molar-refractivity contribution in [2.24, 2.45) is 17.6 Å². The molecular weight excluding hydrogens is 502 g/mol. The summed E-state index contributed by atoms with van der Waals surface area (Å²) >= 11 is 0. The highest BCUT2D eigenvalue weighted by Gasteiger charge is 2.68. The topological polar surface area (TPSA) is 234 Å². The summed E-state index contributed by atoms with van der Waals surface area (Å²) in [5.41, 5.74) is 7.66. The molecule has 0 aliphatic heterocycles. The van der Waals surface area contributed by atoms with Crippen LogP contribution in [0.5, 0.6) is 11.5 Å². The van der Waals surface area contributed by atoms with Crippen molar-refractivity contribution in [1.82, 2.24) is 4.90 Å². The predicted octanol–water partition coefficient (Wildman–Crippen LogP) is -1.37. The maximum Gasteiger partial charge on any atom is 0.330 e. The summed E-state index contributed by atoms with van der Waals surface area (Å²) in [6.07, 6.45) is -1.98. The van der Waals surface area contributed by atoms with Gasteiger partial charge in [-0.2, -0.15) is 0 Å². The second kappa shape index (κ2) is 9.06. The van der Waals surface area contributed by atoms with E-state index in [1.807, 2.05) is 0 Å². The van der Waals surface area contributed by atoms with Crippen LogP contribution in [0.4, 0.5) is 5.69 Å². The molecule has 4 rings (SSSR count). The first-order chi connectivity index (χ1) is 17.7. The number of carbonyl (C=O) groups is 4. The Bertz CT molecular complexity index is 1430. The first kappa shape index (κ1) is 27.0. The van der Waals surface area contributed by atoms with Crippen molar-refractivity contribution in [2.45, 2.75) is 23.9 Å². The molecule has 9 N–H and O–H groups in total. The van der Waals surface area contributed by atoms with Gasteiger partial charge in [0.2, 0.25) is 5.91 Å². The SMILES string of the molecule is COC(=O)C=Cc1ccc2c(N)c3c(c(O)c2c1O)C(O)[C@]1(O)C(=O)C(C(N)=O)C(=O)[C@@H](N(C)C)[C@@H]1[C@H]3O. The van der Waals surface area contributed by atoms with Crippen molar-refractivity contribution in [3.8, 4) is 11.5 Å². The number of nitrogens with zero attached hydrogens (tertiary/aromatic N) is 1. The van der Waals surface area contributed by atoms with Crippen LogP contribution in [0.25, 0.3) is 16.8 Å². The lowest BCUT2D eigenvalue weighted by Gasteiger charge is -2.53. The lowest BCUT2D eigenvalue weighted by atomic mass is 9.56. The Morgan fingerprint density at radius 2 is 1.74 bits per heavy atom. The van der Waals surface area contributed by atoms with E-state index in [-0.39, 0.29) is 27.6 Å². The molecule has 2 aliphatic carbocycles. The number of hydrogen-bond acceptors (Lipinski definition) is 12. The maximum atomic E-state index is 13.3. The molecule has 1 amide bonds. The molecule has 0 aromatic heterocycles. The van der Waals surface area contributed by atoms with Gasteiger partial charge in [-0.3, -0.25) is 19.3 Å². The van der Waals surface area contributed by atoms with Gasteiger partial charge in [-0.05, 0) is 20.2 Å². The molecule has 0 heterocycles. The number of Topliss-reactive ketones (excluding diaryl/α,β-unsaturated/α-hetero) is 2. The fraction of sp³-hybridized carbons (Fsp3) is 0.360. The smallest absolute Gasteiger partial charge is 0.330 e. The van der Waals surface area contributed by atoms with Crippen LogP contribution in [0.15, 0.2) is 18.2 Å². The van der Waals surface area contributed by atoms with Crippen molar-refractivity contribution in [1.29, 1.82) is 0 Å². The third kappa shape index (κ3) is 3.47. The fourth-order valence-corrected chi connectivity index (χ4v) is 5.67. The summed E-state index contributed by atoms with van der Waals surface area (Å²) < 4.78 is 4.51. The van der Waals surface area contributed by atoms with Gasteiger partial charge < -0.3 is 41.7 Å². The van der Waals surface area contributed by atoms with Crippen LogP contribution < -0.4 is 11.5 Å². The Morgan fingerprint density at radius 3 is 2.29 bits per heavy atom. The van der Waals surface area contributed by atoms with Gasteiger partial charge in [0.25, 0.3) is 0 Å². The van der Waals surface area contributed by atoms with Crippen LogP contribution in [-0.2, 0) is 23.9 Å². The third-order valence-corrected chi connectivity index (χ3v) is 7.42. The van der Waals surface area contributed by atoms with Crippen LogP contribution in [0.1, 0.15) is 28.9 Å². The highest BCUT2D eigenvalue weighted by molar-refractivity contribution is 6.24. The second-order valence-corrected chi connectivity index (χ2v) is 9.58. The van der Waals surface area contributed by atoms with Crippen molar-refractivity contribution >= 4 is 46.0 Å². The molecule has 0 radical (unpaired) electrons. The van der Waals surface area contributed by atoms with Crippen molar-refractivity contribution in [3.63, 3.8) is 0 Å². The number of anilines is 1. The number of ether oxygens (including phenoxy) is 1. The second-order valence-electron chi connectivity index (χ2n) is 9.58. The lowest BCUT2D eigenvalue weighted by molar-refractivity contribution is -0.202. The standard InChI is InChI=1S/C25H27N3O10/c1-28(2)17-15-20(32)12-13(22(34)25(15,37)23(35)14(21(17)33)24(27)36)19(31)11-9(16(12)26)6-4-8(18(11)30)5-7-10(29)38-3/h4-7,14-15,17,20,22,30-32,34,37H,26H2,1-3H3,(H2,27,36)/t14?,15-,17+,20+,22?,25+/m1/s1. The average molecular weight is 530 g/mol. The molecule has 202 valence electrons. The summed E-state index contributed by atoms with van der Waals surface area (Å²) in [6.45, 7) is 0. The molecule has 2 unspecified atom stereocenters. The third-order valence-electron chi connectivity index (χ3n) is 7.42. The molecule has 1 saturated carbocycles. The zero-order valence-electron chi connectivity index (χ0n) is 20.6. The number of phenolic OH excluding ortho intramolecular Hbond substituents is 2. The number of fused-ring (bicyclic) bond motifs is 3. The number of hydrogen-bond donors (Lipinski definition) is 7. The average Bonchev–Trinajstić information content (AvgIpc) is 2.84. The van der Waals surface area contributed by atoms with Crippen LogP contribution in [0, 0.1) is 11.8 Å². The number of primary amides is 1. The number of phenols is 2. The van der Waals surface area contributed by atoms with Crippen molar-refractivity contribution < 1.29 is 49.4 Å². The number of rotatable bonds is 4. The van der Waals surface area contributed by atoms with Gasteiger partial charge in [0.15, 0.2) is 23.1 Å². The summed E-state index contributed by atoms with van der Waals surface area (Å²) in [6, 6.07) is 1.30. The van der Waals surface area contributed by atoms with Gasteiger partial charge in [-0.1, -0.05) is 12.1 Å². The Kier molecular flexibility index (Phi) is 6.44. The summed E-state index contributed by atoms with van der Waals surface area (Å²) in [7, 11) is 3.97. The van der Waals surface area contributed by atoms with Gasteiger partial charge in [0.05, 0.1) is 30.6 Å². The Hall–Kier alpha value is -4.04. The molecular formula is C25H27N3O10. The monoisotopic (exact) mass is 529 g/mol. The fourth-order valence-electron chi connectivity index (χ4n) is 5.67. The molecule has 13 nitrogen and oxygen atoms in total. The quantitative estimate of drug-likeness (QED) is 0.0799. The van der Waals surface area contributed by atoms with Crippen LogP contribution in [0.2, 0.25) is 0 Å². The number of aliphatic hydroxyl groups excluding tert-OH is 2. The van der Waals surface area contributed by atoms with Gasteiger partial charge in [-0.15, -0.1) is 0 Å². The van der Waals surface area contributed by atoms with E-state index in [9.17, 15) is 44.7 Å². The highest BCUT2D eigenvalue weighted by Crippen LogP contribution is 2.58. The number of aromatic hydroxyl groups is 2. The zero-order chi connectivity index (χ0) is 28.4. The Morgan fingerprint density at radius 1 is 1.11 bits per heavy atom. The molecule has 1 fully saturated rings. The number of carbonyl (C=O) groups excluding carboxylic acids is 4. The van der Waals surface area contributed by atoms with Gasteiger partial charge in [0.1, 0.15) is 17.6 Å². The molecule has 0 spiro atoms. The summed E-state index contributed by atoms with van der Waals surface area (Å²) in [4.78, 5) is 51.3. The summed E-state index contributed by atoms with van der Waals surface area (Å²) in [5, 5.41) is 56.4. The molecule has 0 saturated heterocycles. The number of nitrogen functional groups attached to an aromatic ring is 1. The van der Waals surface area contributed by atoms with E-state index in [1.165, 1.54) is 37.2 Å². The van der Waals surface area contributed by atoms with E-state index < -0.39 is 76.2 Å². The maximum absolute atomic E-state index is 13.3. The predicted molar refractivity (Wildman–Crippen MR) is 131 cm³/mol. The van der Waals surface area contributed by atoms with Gasteiger partial charge in [-0.25, -0.2) is 4.79 Å². The first-order valence-corrected chi connectivity index (χ1v) is 11.4. The van der Waals surface area contributed by atoms with Crippen molar-refractivity contribution in [2.75, 3.05) is 26.9 Å². The minimum absolute atomic E-state index is 0.0375. The number of likely N-dealkylation sites (N-methyl/N-ethyl adjacent to an activating group) is 1. The van der Waals surface area contributed by atoms with E-state index in [1.54, 1.807) is 0 Å². The lowest BCUT2D eigenvalue weighted by Crippen LogP contribution is -2.71. The molecule has 6 atom stereocenters. The number of aliphatic hydroxyl groups is 3. The molecule has 2 aliphatic rings. The van der Waals surface area contributed by atoms with Crippen LogP contribution in [0.3, 0.4) is 0 Å². The minimum atomic E-state index is -2.95.